The molecule has 116 valence electrons. The Balaban J connectivity index is 2.30. The second-order valence-electron chi connectivity index (χ2n) is 4.77. The van der Waals surface area contributed by atoms with Crippen molar-refractivity contribution in [3.8, 4) is 5.75 Å². The Morgan fingerprint density at radius 2 is 2.09 bits per heavy atom. The molecule has 0 aliphatic heterocycles. The van der Waals surface area contributed by atoms with Gasteiger partial charge >= 0.3 is 0 Å². The Bertz CT molecular complexity index is 719. The van der Waals surface area contributed by atoms with Crippen LogP contribution < -0.4 is 15.8 Å². The van der Waals surface area contributed by atoms with E-state index >= 15 is 0 Å². The lowest BCUT2D eigenvalue weighted by Crippen LogP contribution is -2.23. The summed E-state index contributed by atoms with van der Waals surface area (Å²) < 4.78 is 5.74. The van der Waals surface area contributed by atoms with Crippen molar-refractivity contribution >= 4 is 23.5 Å². The molecule has 0 radical (unpaired) electrons. The molecule has 0 aliphatic rings. The molecule has 3 N–H and O–H groups in total. The first-order valence-corrected chi connectivity index (χ1v) is 7.04. The van der Waals surface area contributed by atoms with Gasteiger partial charge in [0.05, 0.1) is 17.0 Å². The summed E-state index contributed by atoms with van der Waals surface area (Å²) in [5, 5.41) is 3.20. The molecule has 0 fully saturated rings. The molecular formula is C15H17ClN4O2. The van der Waals surface area contributed by atoms with Crippen LogP contribution in [0.3, 0.4) is 0 Å². The molecule has 6 nitrogen and oxygen atoms in total. The molecule has 2 rings (SSSR count). The number of nitrogens with one attached hydrogen (secondary N) is 1. The average Bonchev–Trinajstić information content (AvgIpc) is 2.45. The van der Waals surface area contributed by atoms with Gasteiger partial charge in [0.25, 0.3) is 5.91 Å². The van der Waals surface area contributed by atoms with Crippen molar-refractivity contribution < 1.29 is 9.53 Å². The number of anilines is 1. The minimum atomic E-state index is -0.274. The van der Waals surface area contributed by atoms with Gasteiger partial charge in [0.2, 0.25) is 5.95 Å². The van der Waals surface area contributed by atoms with Gasteiger partial charge < -0.3 is 15.8 Å². The van der Waals surface area contributed by atoms with Crippen LogP contribution >= 0.6 is 11.6 Å². The number of amides is 1. The number of nitrogens with zero attached hydrogens (tertiary/aromatic N) is 2. The molecule has 1 aromatic heterocycles. The topological polar surface area (TPSA) is 90.1 Å². The van der Waals surface area contributed by atoms with Gasteiger partial charge in [0.15, 0.2) is 0 Å². The van der Waals surface area contributed by atoms with Gasteiger partial charge in [-0.3, -0.25) is 4.79 Å². The lowest BCUT2D eigenvalue weighted by molar-refractivity contribution is 0.0959. The predicted octanol–water partition coefficient (Wildman–Crippen LogP) is 2.27. The van der Waals surface area contributed by atoms with Gasteiger partial charge in [-0.05, 0) is 37.6 Å². The fourth-order valence-electron chi connectivity index (χ4n) is 2.10. The van der Waals surface area contributed by atoms with Crippen molar-refractivity contribution in [3.63, 3.8) is 0 Å². The van der Waals surface area contributed by atoms with Crippen LogP contribution in [0.5, 0.6) is 5.75 Å². The third-order valence-corrected chi connectivity index (χ3v) is 3.37. The molecule has 22 heavy (non-hydrogen) atoms. The van der Waals surface area contributed by atoms with E-state index in [1.807, 2.05) is 6.92 Å². The first-order valence-electron chi connectivity index (χ1n) is 6.66. The number of halogens is 1. The van der Waals surface area contributed by atoms with Crippen molar-refractivity contribution in [1.29, 1.82) is 0 Å². The molecule has 0 saturated heterocycles. The largest absolute Gasteiger partial charge is 0.487 e. The predicted molar refractivity (Wildman–Crippen MR) is 85.1 cm³/mol. The summed E-state index contributed by atoms with van der Waals surface area (Å²) in [6, 6.07) is 5.31. The van der Waals surface area contributed by atoms with E-state index in [0.29, 0.717) is 27.7 Å². The van der Waals surface area contributed by atoms with Crippen molar-refractivity contribution in [1.82, 2.24) is 15.3 Å². The summed E-state index contributed by atoms with van der Waals surface area (Å²) in [5.74, 6) is 0.502. The minimum absolute atomic E-state index is 0.108. The van der Waals surface area contributed by atoms with Crippen LogP contribution in [-0.4, -0.2) is 22.9 Å². The molecule has 1 heterocycles. The number of hydrogen-bond acceptors (Lipinski definition) is 5. The third-order valence-electron chi connectivity index (χ3n) is 3.14. The summed E-state index contributed by atoms with van der Waals surface area (Å²) in [6.07, 6.45) is 0. The molecular weight excluding hydrogens is 304 g/mol. The van der Waals surface area contributed by atoms with Crippen molar-refractivity contribution in [2.75, 3.05) is 12.8 Å². The SMILES string of the molecule is CNC(=O)c1c(C)nc(N)nc1COc1ccc(Cl)cc1C. The fraction of sp³-hybridized carbons (Fsp3) is 0.267. The van der Waals surface area contributed by atoms with Gasteiger partial charge in [-0.15, -0.1) is 0 Å². The maximum atomic E-state index is 12.0. The first kappa shape index (κ1) is 16.0. The van der Waals surface area contributed by atoms with Gasteiger partial charge in [-0.25, -0.2) is 9.97 Å². The highest BCUT2D eigenvalue weighted by molar-refractivity contribution is 6.30. The van der Waals surface area contributed by atoms with E-state index < -0.39 is 0 Å². The number of aryl methyl sites for hydroxylation is 2. The molecule has 1 amide bonds. The Morgan fingerprint density at radius 1 is 1.36 bits per heavy atom. The van der Waals surface area contributed by atoms with E-state index in [0.717, 1.165) is 5.56 Å². The molecule has 0 unspecified atom stereocenters. The maximum absolute atomic E-state index is 12.0. The molecule has 0 aliphatic carbocycles. The van der Waals surface area contributed by atoms with Gasteiger partial charge in [0, 0.05) is 12.1 Å². The number of hydrogen-bond donors (Lipinski definition) is 2. The quantitative estimate of drug-likeness (QED) is 0.902. The van der Waals surface area contributed by atoms with E-state index in [-0.39, 0.29) is 18.5 Å². The fourth-order valence-corrected chi connectivity index (χ4v) is 2.33. The van der Waals surface area contributed by atoms with Crippen LogP contribution in [0, 0.1) is 13.8 Å². The normalized spacial score (nSPS) is 10.4. The number of carbonyl (C=O) groups is 1. The number of rotatable bonds is 4. The summed E-state index contributed by atoms with van der Waals surface area (Å²) in [6.45, 7) is 3.71. The number of aromatic nitrogens is 2. The monoisotopic (exact) mass is 320 g/mol. The Kier molecular flexibility index (Phi) is 4.82. The maximum Gasteiger partial charge on any atom is 0.254 e. The molecule has 2 aromatic rings. The van der Waals surface area contributed by atoms with E-state index in [9.17, 15) is 4.79 Å². The smallest absolute Gasteiger partial charge is 0.254 e. The van der Waals surface area contributed by atoms with Crippen LogP contribution in [0.15, 0.2) is 18.2 Å². The second-order valence-corrected chi connectivity index (χ2v) is 5.20. The minimum Gasteiger partial charge on any atom is -0.487 e. The number of ether oxygens (including phenoxy) is 1. The van der Waals surface area contributed by atoms with Crippen LogP contribution in [0.1, 0.15) is 27.3 Å². The molecule has 0 saturated carbocycles. The lowest BCUT2D eigenvalue weighted by Gasteiger charge is -2.13. The number of carbonyl (C=O) groups excluding carboxylic acids is 1. The first-order chi connectivity index (χ1) is 10.4. The van der Waals surface area contributed by atoms with Gasteiger partial charge in [-0.2, -0.15) is 0 Å². The van der Waals surface area contributed by atoms with Crippen LogP contribution in [-0.2, 0) is 6.61 Å². The summed E-state index contributed by atoms with van der Waals surface area (Å²) in [5.41, 5.74) is 7.89. The molecule has 0 spiro atoms. The number of benzene rings is 1. The Morgan fingerprint density at radius 3 is 2.73 bits per heavy atom. The van der Waals surface area contributed by atoms with E-state index in [4.69, 9.17) is 22.1 Å². The molecule has 0 bridgehead atoms. The van der Waals surface area contributed by atoms with Crippen LogP contribution in [0.4, 0.5) is 5.95 Å². The number of nitrogen functional groups attached to an aromatic ring is 1. The van der Waals surface area contributed by atoms with Crippen molar-refractivity contribution in [3.05, 3.63) is 45.7 Å². The van der Waals surface area contributed by atoms with E-state index in [2.05, 4.69) is 15.3 Å². The van der Waals surface area contributed by atoms with Crippen LogP contribution in [0.2, 0.25) is 5.02 Å². The van der Waals surface area contributed by atoms with Gasteiger partial charge in [0.1, 0.15) is 12.4 Å². The van der Waals surface area contributed by atoms with Crippen LogP contribution in [0.25, 0.3) is 0 Å². The third kappa shape index (κ3) is 3.46. The Hall–Kier alpha value is -2.34. The lowest BCUT2D eigenvalue weighted by atomic mass is 10.1. The highest BCUT2D eigenvalue weighted by atomic mass is 35.5. The highest BCUT2D eigenvalue weighted by Gasteiger charge is 2.17. The second kappa shape index (κ2) is 6.62. The highest BCUT2D eigenvalue weighted by Crippen LogP contribution is 2.23. The molecule has 1 aromatic carbocycles. The summed E-state index contributed by atoms with van der Waals surface area (Å²) in [7, 11) is 1.55. The average molecular weight is 321 g/mol. The van der Waals surface area contributed by atoms with E-state index in [1.54, 1.807) is 32.2 Å². The molecule has 7 heteroatoms. The zero-order valence-electron chi connectivity index (χ0n) is 12.6. The summed E-state index contributed by atoms with van der Waals surface area (Å²) in [4.78, 5) is 20.1. The van der Waals surface area contributed by atoms with E-state index in [1.165, 1.54) is 0 Å². The summed E-state index contributed by atoms with van der Waals surface area (Å²) >= 11 is 5.92. The van der Waals surface area contributed by atoms with Crippen molar-refractivity contribution in [2.45, 2.75) is 20.5 Å². The zero-order chi connectivity index (χ0) is 16.3. The standard InChI is InChI=1S/C15H17ClN4O2/c1-8-6-10(16)4-5-12(8)22-7-11-13(14(21)18-3)9(2)19-15(17)20-11/h4-6H,7H2,1-3H3,(H,18,21)(H2,17,19,20). The number of nitrogens with two attached hydrogens (primary N) is 1. The Labute approximate surface area is 133 Å². The zero-order valence-corrected chi connectivity index (χ0v) is 13.4. The van der Waals surface area contributed by atoms with Crippen molar-refractivity contribution in [2.24, 2.45) is 0 Å². The van der Waals surface area contributed by atoms with Gasteiger partial charge in [-0.1, -0.05) is 11.6 Å². The molecule has 0 atom stereocenters.